The Labute approximate surface area is 157 Å². The lowest BCUT2D eigenvalue weighted by atomic mass is 10.1. The summed E-state index contributed by atoms with van der Waals surface area (Å²) >= 11 is 0. The third-order valence-corrected chi connectivity index (χ3v) is 4.11. The highest BCUT2D eigenvalue weighted by molar-refractivity contribution is 6.08. The van der Waals surface area contributed by atoms with Gasteiger partial charge in [-0.2, -0.15) is 18.3 Å². The Hall–Kier alpha value is -3.68. The first-order valence-corrected chi connectivity index (χ1v) is 8.31. The molecule has 0 fully saturated rings. The second-order valence-corrected chi connectivity index (χ2v) is 6.00. The van der Waals surface area contributed by atoms with Gasteiger partial charge in [0.1, 0.15) is 5.56 Å². The summed E-state index contributed by atoms with van der Waals surface area (Å²) in [7, 11) is 0. The van der Waals surface area contributed by atoms with Gasteiger partial charge >= 0.3 is 6.18 Å². The van der Waals surface area contributed by atoms with Gasteiger partial charge in [-0.15, -0.1) is 0 Å². The number of hydrogen-bond donors (Lipinski definition) is 1. The molecule has 0 saturated heterocycles. The molecule has 4 rings (SSSR count). The van der Waals surface area contributed by atoms with Gasteiger partial charge in [-0.3, -0.25) is 4.79 Å². The maximum absolute atomic E-state index is 13.6. The van der Waals surface area contributed by atoms with Crippen LogP contribution in [0.25, 0.3) is 16.9 Å². The zero-order valence-electron chi connectivity index (χ0n) is 14.3. The number of aromatic nitrogens is 3. The minimum absolute atomic E-state index is 0.0489. The van der Waals surface area contributed by atoms with Gasteiger partial charge in [0.2, 0.25) is 0 Å². The topological polar surface area (TPSA) is 59.3 Å². The summed E-state index contributed by atoms with van der Waals surface area (Å²) in [6.45, 7) is 0. The van der Waals surface area contributed by atoms with Crippen molar-refractivity contribution >= 4 is 17.2 Å². The molecule has 1 amide bonds. The number of anilines is 1. The van der Waals surface area contributed by atoms with Gasteiger partial charge in [0.25, 0.3) is 5.91 Å². The molecule has 0 aliphatic carbocycles. The summed E-state index contributed by atoms with van der Waals surface area (Å²) in [5.41, 5.74) is -0.0905. The van der Waals surface area contributed by atoms with Crippen LogP contribution < -0.4 is 5.32 Å². The third kappa shape index (κ3) is 3.32. The monoisotopic (exact) mass is 382 g/mol. The van der Waals surface area contributed by atoms with Crippen molar-refractivity contribution in [3.8, 4) is 11.3 Å². The number of hydrogen-bond acceptors (Lipinski definition) is 3. The summed E-state index contributed by atoms with van der Waals surface area (Å²) in [6, 6.07) is 18.0. The predicted molar refractivity (Wildman–Crippen MR) is 97.8 cm³/mol. The smallest absolute Gasteiger partial charge is 0.322 e. The molecule has 0 aliphatic heterocycles. The highest BCUT2D eigenvalue weighted by atomic mass is 19.4. The number of carbonyl (C=O) groups excluding carboxylic acids is 1. The Morgan fingerprint density at radius 3 is 2.25 bits per heavy atom. The average molecular weight is 382 g/mol. The average Bonchev–Trinajstić information content (AvgIpc) is 3.12. The van der Waals surface area contributed by atoms with Crippen molar-refractivity contribution in [1.29, 1.82) is 0 Å². The van der Waals surface area contributed by atoms with Crippen molar-refractivity contribution in [1.82, 2.24) is 14.6 Å². The molecule has 0 bridgehead atoms. The highest BCUT2D eigenvalue weighted by Crippen LogP contribution is 2.32. The lowest BCUT2D eigenvalue weighted by molar-refractivity contribution is -0.142. The molecular weight excluding hydrogens is 369 g/mol. The van der Waals surface area contributed by atoms with E-state index in [4.69, 9.17) is 0 Å². The normalized spacial score (nSPS) is 11.5. The molecule has 1 N–H and O–H groups in total. The van der Waals surface area contributed by atoms with Crippen LogP contribution in [0.2, 0.25) is 0 Å². The SMILES string of the molecule is O=C(Nc1ccccc1)c1cnn2c(C(F)(F)F)cc(-c3ccccc3)nc12. The summed E-state index contributed by atoms with van der Waals surface area (Å²) in [4.78, 5) is 16.9. The number of amides is 1. The highest BCUT2D eigenvalue weighted by Gasteiger charge is 2.36. The van der Waals surface area contributed by atoms with Crippen LogP contribution in [-0.2, 0) is 6.18 Å². The summed E-state index contributed by atoms with van der Waals surface area (Å²) < 4.78 is 41.4. The third-order valence-electron chi connectivity index (χ3n) is 4.11. The van der Waals surface area contributed by atoms with Crippen LogP contribution in [0.1, 0.15) is 16.1 Å². The van der Waals surface area contributed by atoms with Gasteiger partial charge in [0.05, 0.1) is 11.9 Å². The van der Waals surface area contributed by atoms with Crippen molar-refractivity contribution in [2.75, 3.05) is 5.32 Å². The first kappa shape index (κ1) is 17.7. The van der Waals surface area contributed by atoms with E-state index in [1.54, 1.807) is 60.7 Å². The van der Waals surface area contributed by atoms with E-state index in [0.29, 0.717) is 15.8 Å². The fraction of sp³-hybridized carbons (Fsp3) is 0.0500. The van der Waals surface area contributed by atoms with Gasteiger partial charge in [-0.25, -0.2) is 9.50 Å². The number of nitrogens with zero attached hydrogens (tertiary/aromatic N) is 3. The van der Waals surface area contributed by atoms with Gasteiger partial charge in [-0.1, -0.05) is 48.5 Å². The minimum atomic E-state index is -4.66. The number of nitrogens with one attached hydrogen (secondary N) is 1. The Morgan fingerprint density at radius 2 is 1.61 bits per heavy atom. The van der Waals surface area contributed by atoms with E-state index in [-0.39, 0.29) is 16.9 Å². The zero-order valence-corrected chi connectivity index (χ0v) is 14.3. The Balaban J connectivity index is 1.86. The summed E-state index contributed by atoms with van der Waals surface area (Å²) in [5.74, 6) is -0.591. The van der Waals surface area contributed by atoms with E-state index < -0.39 is 17.8 Å². The molecule has 2 aromatic carbocycles. The number of carbonyl (C=O) groups is 1. The molecule has 2 heterocycles. The number of halogens is 3. The largest absolute Gasteiger partial charge is 0.433 e. The quantitative estimate of drug-likeness (QED) is 0.560. The van der Waals surface area contributed by atoms with E-state index in [0.717, 1.165) is 12.3 Å². The van der Waals surface area contributed by atoms with Crippen LogP contribution in [0.15, 0.2) is 72.9 Å². The van der Waals surface area contributed by atoms with Gasteiger partial charge in [0.15, 0.2) is 11.3 Å². The maximum Gasteiger partial charge on any atom is 0.433 e. The second kappa shape index (κ2) is 6.80. The van der Waals surface area contributed by atoms with Crippen LogP contribution >= 0.6 is 0 Å². The van der Waals surface area contributed by atoms with Gasteiger partial charge < -0.3 is 5.32 Å². The molecule has 28 heavy (non-hydrogen) atoms. The van der Waals surface area contributed by atoms with Crippen molar-refractivity contribution in [3.05, 3.63) is 84.2 Å². The first-order chi connectivity index (χ1) is 13.4. The number of alkyl halides is 3. The van der Waals surface area contributed by atoms with Crippen LogP contribution in [0.5, 0.6) is 0 Å². The van der Waals surface area contributed by atoms with Crippen molar-refractivity contribution in [2.45, 2.75) is 6.18 Å². The van der Waals surface area contributed by atoms with Crippen molar-refractivity contribution in [3.63, 3.8) is 0 Å². The van der Waals surface area contributed by atoms with Crippen LogP contribution in [0, 0.1) is 0 Å². The van der Waals surface area contributed by atoms with Gasteiger partial charge in [0, 0.05) is 11.3 Å². The van der Waals surface area contributed by atoms with Gasteiger partial charge in [-0.05, 0) is 18.2 Å². The molecule has 5 nitrogen and oxygen atoms in total. The standard InChI is InChI=1S/C20H13F3N4O/c21-20(22,23)17-11-16(13-7-3-1-4-8-13)26-18-15(12-24-27(17)18)19(28)25-14-9-5-2-6-10-14/h1-12H,(H,25,28). The number of para-hydroxylation sites is 1. The molecule has 0 saturated carbocycles. The molecule has 140 valence electrons. The molecule has 0 radical (unpaired) electrons. The fourth-order valence-electron chi connectivity index (χ4n) is 2.80. The van der Waals surface area contributed by atoms with Crippen LogP contribution in [-0.4, -0.2) is 20.5 Å². The molecule has 0 aliphatic rings. The predicted octanol–water partition coefficient (Wildman–Crippen LogP) is 4.67. The molecule has 0 spiro atoms. The maximum atomic E-state index is 13.6. The van der Waals surface area contributed by atoms with Crippen LogP contribution in [0.4, 0.5) is 18.9 Å². The Bertz CT molecular complexity index is 1140. The Morgan fingerprint density at radius 1 is 0.964 bits per heavy atom. The van der Waals surface area contributed by atoms with E-state index >= 15 is 0 Å². The zero-order chi connectivity index (χ0) is 19.7. The van der Waals surface area contributed by atoms with Crippen LogP contribution in [0.3, 0.4) is 0 Å². The van der Waals surface area contributed by atoms with E-state index in [1.807, 2.05) is 0 Å². The van der Waals surface area contributed by atoms with E-state index in [1.165, 1.54) is 0 Å². The summed E-state index contributed by atoms with van der Waals surface area (Å²) in [5, 5.41) is 6.40. The van der Waals surface area contributed by atoms with Crippen molar-refractivity contribution < 1.29 is 18.0 Å². The number of rotatable bonds is 3. The molecular formula is C20H13F3N4O. The lowest BCUT2D eigenvalue weighted by Crippen LogP contribution is -2.15. The Kier molecular flexibility index (Phi) is 4.31. The van der Waals surface area contributed by atoms with E-state index in [9.17, 15) is 18.0 Å². The molecule has 0 atom stereocenters. The molecule has 2 aromatic heterocycles. The molecule has 4 aromatic rings. The second-order valence-electron chi connectivity index (χ2n) is 6.00. The lowest BCUT2D eigenvalue weighted by Gasteiger charge is -2.11. The minimum Gasteiger partial charge on any atom is -0.322 e. The number of fused-ring (bicyclic) bond motifs is 1. The van der Waals surface area contributed by atoms with E-state index in [2.05, 4.69) is 15.4 Å². The first-order valence-electron chi connectivity index (χ1n) is 8.31. The van der Waals surface area contributed by atoms with Crippen molar-refractivity contribution in [2.24, 2.45) is 0 Å². The molecule has 8 heteroatoms. The number of benzene rings is 2. The summed E-state index contributed by atoms with van der Waals surface area (Å²) in [6.07, 6.45) is -3.57. The fourth-order valence-corrected chi connectivity index (χ4v) is 2.80. The molecule has 0 unspecified atom stereocenters.